The number of likely N-dealkylation sites (tertiary alicyclic amines) is 1. The van der Waals surface area contributed by atoms with E-state index < -0.39 is 6.04 Å². The molecule has 3 amide bonds. The normalized spacial score (nSPS) is 31.5. The SMILES string of the molecule is CNC(=O)[C@H](Cc1ccccc1)N1C(=O)[C@@H]2[C@@H](C1=O)[C@H]1C=C[C@H]2C1. The Kier molecular flexibility index (Phi) is 3.52. The summed E-state index contributed by atoms with van der Waals surface area (Å²) in [7, 11) is 1.54. The standard InChI is InChI=1S/C19H20N2O3/c1-20-17(22)14(9-11-5-3-2-4-6-11)21-18(23)15-12-7-8-13(10-12)16(15)19(21)24/h2-8,12-16H,9-10H2,1H3,(H,20,22)/t12-,13-,14-,15-,16-/m0/s1. The molecule has 0 spiro atoms. The minimum absolute atomic E-state index is 0.156. The lowest BCUT2D eigenvalue weighted by Gasteiger charge is -2.26. The van der Waals surface area contributed by atoms with Crippen LogP contribution >= 0.6 is 0 Å². The number of fused-ring (bicyclic) bond motifs is 5. The summed E-state index contributed by atoms with van der Waals surface area (Å²) < 4.78 is 0. The number of imide groups is 1. The summed E-state index contributed by atoms with van der Waals surface area (Å²) >= 11 is 0. The highest BCUT2D eigenvalue weighted by Crippen LogP contribution is 2.52. The van der Waals surface area contributed by atoms with Gasteiger partial charge in [0.15, 0.2) is 0 Å². The molecule has 1 aliphatic heterocycles. The Morgan fingerprint density at radius 1 is 1.12 bits per heavy atom. The number of carbonyl (C=O) groups is 3. The Hall–Kier alpha value is -2.43. The second-order valence-electron chi connectivity index (χ2n) is 6.87. The average molecular weight is 324 g/mol. The highest BCUT2D eigenvalue weighted by molar-refractivity contribution is 6.09. The van der Waals surface area contributed by atoms with Crippen LogP contribution in [0.4, 0.5) is 0 Å². The fraction of sp³-hybridized carbons (Fsp3) is 0.421. The molecule has 2 aliphatic carbocycles. The van der Waals surface area contributed by atoms with Crippen LogP contribution < -0.4 is 5.32 Å². The lowest BCUT2D eigenvalue weighted by molar-refractivity contribution is -0.148. The minimum Gasteiger partial charge on any atom is -0.357 e. The van der Waals surface area contributed by atoms with E-state index in [-0.39, 0.29) is 41.4 Å². The van der Waals surface area contributed by atoms with Crippen molar-refractivity contribution in [2.45, 2.75) is 18.9 Å². The molecule has 1 saturated heterocycles. The van der Waals surface area contributed by atoms with Gasteiger partial charge < -0.3 is 5.32 Å². The number of hydrogen-bond acceptors (Lipinski definition) is 3. The van der Waals surface area contributed by atoms with Crippen LogP contribution in [0, 0.1) is 23.7 Å². The van der Waals surface area contributed by atoms with Crippen molar-refractivity contribution in [3.05, 3.63) is 48.0 Å². The second kappa shape index (κ2) is 5.58. The number of allylic oxidation sites excluding steroid dienone is 2. The first-order chi connectivity index (χ1) is 11.6. The number of likely N-dealkylation sites (N-methyl/N-ethyl adjacent to an activating group) is 1. The van der Waals surface area contributed by atoms with Gasteiger partial charge in [-0.25, -0.2) is 0 Å². The summed E-state index contributed by atoms with van der Waals surface area (Å²) in [6, 6.07) is 8.73. The van der Waals surface area contributed by atoms with E-state index in [4.69, 9.17) is 0 Å². The lowest BCUT2D eigenvalue weighted by atomic mass is 9.85. The summed E-state index contributed by atoms with van der Waals surface area (Å²) in [4.78, 5) is 39.5. The van der Waals surface area contributed by atoms with E-state index in [2.05, 4.69) is 17.5 Å². The van der Waals surface area contributed by atoms with E-state index in [1.165, 1.54) is 11.9 Å². The first-order valence-corrected chi connectivity index (χ1v) is 8.42. The maximum atomic E-state index is 12.9. The fourth-order valence-corrected chi connectivity index (χ4v) is 4.54. The van der Waals surface area contributed by atoms with Gasteiger partial charge in [-0.05, 0) is 23.8 Å². The van der Waals surface area contributed by atoms with E-state index in [1.807, 2.05) is 30.3 Å². The van der Waals surface area contributed by atoms with Crippen molar-refractivity contribution in [3.8, 4) is 0 Å². The molecule has 5 atom stereocenters. The van der Waals surface area contributed by atoms with Gasteiger partial charge in [-0.1, -0.05) is 42.5 Å². The molecule has 1 N–H and O–H groups in total. The number of benzene rings is 1. The van der Waals surface area contributed by atoms with Gasteiger partial charge in [0, 0.05) is 13.5 Å². The molecule has 5 heteroatoms. The quantitative estimate of drug-likeness (QED) is 0.667. The molecule has 0 unspecified atom stereocenters. The molecule has 0 aromatic heterocycles. The Morgan fingerprint density at radius 2 is 1.71 bits per heavy atom. The molecule has 24 heavy (non-hydrogen) atoms. The molecule has 3 aliphatic rings. The summed E-state index contributed by atoms with van der Waals surface area (Å²) in [6.45, 7) is 0. The summed E-state index contributed by atoms with van der Waals surface area (Å²) in [6.07, 6.45) is 5.36. The molecule has 1 aromatic carbocycles. The molecule has 1 saturated carbocycles. The van der Waals surface area contributed by atoms with E-state index in [0.29, 0.717) is 6.42 Å². The Balaban J connectivity index is 1.65. The predicted octanol–water partition coefficient (Wildman–Crippen LogP) is 1.15. The third-order valence-electron chi connectivity index (χ3n) is 5.64. The maximum Gasteiger partial charge on any atom is 0.243 e. The van der Waals surface area contributed by atoms with E-state index >= 15 is 0 Å². The van der Waals surface area contributed by atoms with Crippen molar-refractivity contribution < 1.29 is 14.4 Å². The van der Waals surface area contributed by atoms with Gasteiger partial charge in [0.2, 0.25) is 17.7 Å². The van der Waals surface area contributed by atoms with Crippen LogP contribution in [0.25, 0.3) is 0 Å². The molecular weight excluding hydrogens is 304 g/mol. The van der Waals surface area contributed by atoms with Gasteiger partial charge in [-0.2, -0.15) is 0 Å². The Labute approximate surface area is 140 Å². The summed E-state index contributed by atoms with van der Waals surface area (Å²) in [5.74, 6) is -0.864. The molecule has 1 aromatic rings. The van der Waals surface area contributed by atoms with Crippen LogP contribution in [0.1, 0.15) is 12.0 Å². The fourth-order valence-electron chi connectivity index (χ4n) is 4.54. The second-order valence-corrected chi connectivity index (χ2v) is 6.87. The molecule has 5 nitrogen and oxygen atoms in total. The largest absolute Gasteiger partial charge is 0.357 e. The van der Waals surface area contributed by atoms with Gasteiger partial charge in [0.25, 0.3) is 0 Å². The number of carbonyl (C=O) groups excluding carboxylic acids is 3. The third-order valence-corrected chi connectivity index (χ3v) is 5.64. The van der Waals surface area contributed by atoms with E-state index in [0.717, 1.165) is 12.0 Å². The van der Waals surface area contributed by atoms with Crippen LogP contribution in [0.2, 0.25) is 0 Å². The van der Waals surface area contributed by atoms with Crippen molar-refractivity contribution in [2.75, 3.05) is 7.05 Å². The van der Waals surface area contributed by atoms with Gasteiger partial charge >= 0.3 is 0 Å². The number of nitrogens with zero attached hydrogens (tertiary/aromatic N) is 1. The van der Waals surface area contributed by atoms with Gasteiger partial charge in [0.1, 0.15) is 6.04 Å². The van der Waals surface area contributed by atoms with Crippen molar-refractivity contribution >= 4 is 17.7 Å². The topological polar surface area (TPSA) is 66.5 Å². The van der Waals surface area contributed by atoms with Crippen LogP contribution in [0.5, 0.6) is 0 Å². The van der Waals surface area contributed by atoms with Crippen molar-refractivity contribution in [3.63, 3.8) is 0 Å². The van der Waals surface area contributed by atoms with Crippen molar-refractivity contribution in [2.24, 2.45) is 23.7 Å². The molecule has 0 radical (unpaired) electrons. The number of nitrogens with one attached hydrogen (secondary N) is 1. The molecule has 2 fully saturated rings. The molecule has 4 rings (SSSR count). The van der Waals surface area contributed by atoms with Crippen molar-refractivity contribution in [1.82, 2.24) is 10.2 Å². The lowest BCUT2D eigenvalue weighted by Crippen LogP contribution is -2.51. The first kappa shape index (κ1) is 15.1. The zero-order valence-electron chi connectivity index (χ0n) is 13.5. The molecule has 124 valence electrons. The van der Waals surface area contributed by atoms with Gasteiger partial charge in [0.05, 0.1) is 11.8 Å². The number of hydrogen-bond donors (Lipinski definition) is 1. The highest BCUT2D eigenvalue weighted by atomic mass is 16.2. The summed E-state index contributed by atoms with van der Waals surface area (Å²) in [5.41, 5.74) is 0.935. The molecule has 2 bridgehead atoms. The average Bonchev–Trinajstić information content (AvgIpc) is 3.28. The van der Waals surface area contributed by atoms with Gasteiger partial charge in [-0.15, -0.1) is 0 Å². The third kappa shape index (κ3) is 2.11. The van der Waals surface area contributed by atoms with E-state index in [1.54, 1.807) is 0 Å². The molecule has 1 heterocycles. The summed E-state index contributed by atoms with van der Waals surface area (Å²) in [5, 5.41) is 2.61. The highest BCUT2D eigenvalue weighted by Gasteiger charge is 2.60. The smallest absolute Gasteiger partial charge is 0.243 e. The zero-order valence-corrected chi connectivity index (χ0v) is 13.5. The van der Waals surface area contributed by atoms with E-state index in [9.17, 15) is 14.4 Å². The first-order valence-electron chi connectivity index (χ1n) is 8.42. The van der Waals surface area contributed by atoms with Gasteiger partial charge in [-0.3, -0.25) is 19.3 Å². The zero-order chi connectivity index (χ0) is 16.8. The van der Waals surface area contributed by atoms with Crippen LogP contribution in [-0.4, -0.2) is 35.7 Å². The maximum absolute atomic E-state index is 12.9. The number of amides is 3. The Bertz CT molecular complexity index is 697. The molecular formula is C19H20N2O3. The van der Waals surface area contributed by atoms with Crippen LogP contribution in [0.15, 0.2) is 42.5 Å². The minimum atomic E-state index is -0.776. The van der Waals surface area contributed by atoms with Crippen LogP contribution in [-0.2, 0) is 20.8 Å². The number of rotatable bonds is 4. The monoisotopic (exact) mass is 324 g/mol. The van der Waals surface area contributed by atoms with Crippen molar-refractivity contribution in [1.29, 1.82) is 0 Å². The van der Waals surface area contributed by atoms with Crippen LogP contribution in [0.3, 0.4) is 0 Å². The Morgan fingerprint density at radius 3 is 2.25 bits per heavy atom. The predicted molar refractivity (Wildman–Crippen MR) is 87.6 cm³/mol.